The maximum Gasteiger partial charge on any atom is 0.443 e. The Kier molecular flexibility index (Phi) is 5.66. The maximum atomic E-state index is 12.6. The van der Waals surface area contributed by atoms with Crippen LogP contribution in [0.3, 0.4) is 0 Å². The summed E-state index contributed by atoms with van der Waals surface area (Å²) < 4.78 is 39.9. The number of imidazole rings is 1. The van der Waals surface area contributed by atoms with Gasteiger partial charge >= 0.3 is 6.18 Å². The van der Waals surface area contributed by atoms with Crippen molar-refractivity contribution in [2.45, 2.75) is 18.8 Å². The molecule has 128 valence electrons. The summed E-state index contributed by atoms with van der Waals surface area (Å²) in [6, 6.07) is 0.0465. The second-order valence-corrected chi connectivity index (χ2v) is 6.33. The van der Waals surface area contributed by atoms with Gasteiger partial charge in [0.1, 0.15) is 5.82 Å². The standard InChI is InChI=1S/C13H16F3N5S.ClH/c1-20-4-3-18-11(20)10-7-17-2-5-21(10)8-9-6-19-12(22-9)13(14,15)16;/h3-4,6,10,17H,2,5,7-8H2,1H3;1H. The van der Waals surface area contributed by atoms with Crippen molar-refractivity contribution < 1.29 is 13.2 Å². The van der Waals surface area contributed by atoms with Crippen LogP contribution in [0.15, 0.2) is 18.6 Å². The quantitative estimate of drug-likeness (QED) is 0.905. The van der Waals surface area contributed by atoms with E-state index in [1.54, 1.807) is 6.20 Å². The Labute approximate surface area is 141 Å². The van der Waals surface area contributed by atoms with E-state index in [4.69, 9.17) is 0 Å². The molecule has 5 nitrogen and oxygen atoms in total. The molecule has 1 aliphatic rings. The van der Waals surface area contributed by atoms with Crippen LogP contribution in [0.1, 0.15) is 21.8 Å². The van der Waals surface area contributed by atoms with Gasteiger partial charge in [0.15, 0.2) is 5.01 Å². The van der Waals surface area contributed by atoms with E-state index in [1.165, 1.54) is 6.20 Å². The van der Waals surface area contributed by atoms with Crippen LogP contribution in [0.2, 0.25) is 0 Å². The summed E-state index contributed by atoms with van der Waals surface area (Å²) in [5.74, 6) is 0.910. The number of halogens is 4. The Bertz CT molecular complexity index is 642. The molecule has 0 amide bonds. The largest absolute Gasteiger partial charge is 0.443 e. The predicted octanol–water partition coefficient (Wildman–Crippen LogP) is 2.46. The number of piperazine rings is 1. The Hall–Kier alpha value is -1.16. The number of nitrogens with one attached hydrogen (secondary N) is 1. The molecule has 0 saturated carbocycles. The molecule has 0 aromatic carbocycles. The molecule has 1 fully saturated rings. The lowest BCUT2D eigenvalue weighted by atomic mass is 10.1. The topological polar surface area (TPSA) is 46.0 Å². The van der Waals surface area contributed by atoms with E-state index in [0.29, 0.717) is 22.8 Å². The summed E-state index contributed by atoms with van der Waals surface area (Å²) in [7, 11) is 1.92. The third-order valence-electron chi connectivity index (χ3n) is 3.67. The van der Waals surface area contributed by atoms with Crippen molar-refractivity contribution in [3.8, 4) is 0 Å². The van der Waals surface area contributed by atoms with Crippen LogP contribution in [0.25, 0.3) is 0 Å². The van der Waals surface area contributed by atoms with Crippen molar-refractivity contribution in [2.24, 2.45) is 7.05 Å². The van der Waals surface area contributed by atoms with Crippen LogP contribution in [-0.4, -0.2) is 39.1 Å². The monoisotopic (exact) mass is 367 g/mol. The molecule has 1 atom stereocenters. The molecule has 10 heteroatoms. The van der Waals surface area contributed by atoms with Crippen LogP contribution >= 0.6 is 23.7 Å². The van der Waals surface area contributed by atoms with Crippen LogP contribution < -0.4 is 5.32 Å². The number of hydrogen-bond acceptors (Lipinski definition) is 5. The van der Waals surface area contributed by atoms with Crippen molar-refractivity contribution in [2.75, 3.05) is 19.6 Å². The fourth-order valence-corrected chi connectivity index (χ4v) is 3.41. The molecule has 1 aliphatic heterocycles. The minimum atomic E-state index is -4.37. The maximum absolute atomic E-state index is 12.6. The number of aromatic nitrogens is 3. The Balaban J connectivity index is 0.00000192. The average molecular weight is 368 g/mol. The van der Waals surface area contributed by atoms with Gasteiger partial charge in [-0.1, -0.05) is 0 Å². The summed E-state index contributed by atoms with van der Waals surface area (Å²) in [6.07, 6.45) is 0.559. The molecule has 23 heavy (non-hydrogen) atoms. The van der Waals surface area contributed by atoms with Crippen LogP contribution in [-0.2, 0) is 19.8 Å². The fourth-order valence-electron chi connectivity index (χ4n) is 2.60. The van der Waals surface area contributed by atoms with E-state index in [2.05, 4.69) is 20.2 Å². The molecule has 0 radical (unpaired) electrons. The summed E-state index contributed by atoms with van der Waals surface area (Å²) in [6.45, 7) is 2.76. The lowest BCUT2D eigenvalue weighted by molar-refractivity contribution is -0.137. The molecule has 0 spiro atoms. The molecule has 1 saturated heterocycles. The number of hydrogen-bond donors (Lipinski definition) is 1. The molecule has 3 heterocycles. The third-order valence-corrected chi connectivity index (χ3v) is 4.69. The molecule has 3 rings (SSSR count). The van der Waals surface area contributed by atoms with E-state index in [-0.39, 0.29) is 18.4 Å². The predicted molar refractivity (Wildman–Crippen MR) is 83.6 cm³/mol. The minimum absolute atomic E-state index is 0. The van der Waals surface area contributed by atoms with Gasteiger partial charge in [-0.2, -0.15) is 13.2 Å². The second kappa shape index (κ2) is 7.16. The number of nitrogens with zero attached hydrogens (tertiary/aromatic N) is 4. The van der Waals surface area contributed by atoms with E-state index < -0.39 is 11.2 Å². The number of rotatable bonds is 3. The molecule has 2 aromatic rings. The first kappa shape index (κ1) is 18.2. The fraction of sp³-hybridized carbons (Fsp3) is 0.538. The van der Waals surface area contributed by atoms with E-state index in [1.807, 2.05) is 17.8 Å². The van der Waals surface area contributed by atoms with Crippen LogP contribution in [0, 0.1) is 0 Å². The molecule has 1 unspecified atom stereocenters. The highest BCUT2D eigenvalue weighted by molar-refractivity contribution is 7.11. The summed E-state index contributed by atoms with van der Waals surface area (Å²) in [5.41, 5.74) is 0. The molecule has 0 bridgehead atoms. The Morgan fingerprint density at radius 1 is 1.39 bits per heavy atom. The third kappa shape index (κ3) is 4.03. The second-order valence-electron chi connectivity index (χ2n) is 5.22. The van der Waals surface area contributed by atoms with Crippen molar-refractivity contribution >= 4 is 23.7 Å². The van der Waals surface area contributed by atoms with Crippen molar-refractivity contribution in [3.05, 3.63) is 34.3 Å². The van der Waals surface area contributed by atoms with Gasteiger partial charge in [-0.25, -0.2) is 9.97 Å². The average Bonchev–Trinajstić information content (AvgIpc) is 3.08. The Morgan fingerprint density at radius 2 is 2.17 bits per heavy atom. The van der Waals surface area contributed by atoms with E-state index in [9.17, 15) is 13.2 Å². The van der Waals surface area contributed by atoms with Crippen molar-refractivity contribution in [3.63, 3.8) is 0 Å². The number of alkyl halides is 3. The van der Waals surface area contributed by atoms with Crippen LogP contribution in [0.4, 0.5) is 13.2 Å². The lowest BCUT2D eigenvalue weighted by Gasteiger charge is -2.35. The normalized spacial score (nSPS) is 19.6. The highest BCUT2D eigenvalue weighted by Crippen LogP contribution is 2.33. The van der Waals surface area contributed by atoms with Gasteiger partial charge in [0.05, 0.1) is 6.04 Å². The molecule has 1 N–H and O–H groups in total. The first-order chi connectivity index (χ1) is 10.4. The highest BCUT2D eigenvalue weighted by atomic mass is 35.5. The zero-order valence-electron chi connectivity index (χ0n) is 12.4. The zero-order valence-corrected chi connectivity index (χ0v) is 14.0. The molecular formula is C13H17ClF3N5S. The summed E-state index contributed by atoms with van der Waals surface area (Å²) in [5, 5.41) is 2.52. The lowest BCUT2D eigenvalue weighted by Crippen LogP contribution is -2.46. The van der Waals surface area contributed by atoms with Gasteiger partial charge in [0.25, 0.3) is 0 Å². The Morgan fingerprint density at radius 3 is 2.78 bits per heavy atom. The summed E-state index contributed by atoms with van der Waals surface area (Å²) in [4.78, 5) is 10.6. The SMILES string of the molecule is Cl.Cn1ccnc1C1CNCCN1Cc1cnc(C(F)(F)F)s1. The van der Waals surface area contributed by atoms with E-state index in [0.717, 1.165) is 25.5 Å². The summed E-state index contributed by atoms with van der Waals surface area (Å²) >= 11 is 0.712. The first-order valence-electron chi connectivity index (χ1n) is 6.89. The number of thiazole rings is 1. The van der Waals surface area contributed by atoms with Gasteiger partial charge in [-0.3, -0.25) is 4.90 Å². The van der Waals surface area contributed by atoms with Gasteiger partial charge in [-0.15, -0.1) is 23.7 Å². The van der Waals surface area contributed by atoms with Gasteiger partial charge in [-0.05, 0) is 0 Å². The minimum Gasteiger partial charge on any atom is -0.337 e. The highest BCUT2D eigenvalue weighted by Gasteiger charge is 2.35. The molecular weight excluding hydrogens is 351 g/mol. The van der Waals surface area contributed by atoms with Crippen molar-refractivity contribution in [1.29, 1.82) is 0 Å². The smallest absolute Gasteiger partial charge is 0.337 e. The molecule has 0 aliphatic carbocycles. The van der Waals surface area contributed by atoms with Gasteiger partial charge in [0.2, 0.25) is 0 Å². The first-order valence-corrected chi connectivity index (χ1v) is 7.70. The molecule has 2 aromatic heterocycles. The van der Waals surface area contributed by atoms with Gasteiger partial charge < -0.3 is 9.88 Å². The number of aryl methyl sites for hydroxylation is 1. The zero-order chi connectivity index (χ0) is 15.7. The van der Waals surface area contributed by atoms with E-state index >= 15 is 0 Å². The van der Waals surface area contributed by atoms with Crippen LogP contribution in [0.5, 0.6) is 0 Å². The van der Waals surface area contributed by atoms with Gasteiger partial charge in [0, 0.05) is 56.7 Å². The van der Waals surface area contributed by atoms with Crippen molar-refractivity contribution in [1.82, 2.24) is 24.8 Å².